The van der Waals surface area contributed by atoms with Crippen LogP contribution in [0.3, 0.4) is 0 Å². The quantitative estimate of drug-likeness (QED) is 0.830. The summed E-state index contributed by atoms with van der Waals surface area (Å²) in [4.78, 5) is 13.8. The number of carbonyl (C=O) groups excluding carboxylic acids is 1. The number of rotatable bonds is 2. The number of aryl methyl sites for hydroxylation is 1. The molecule has 0 radical (unpaired) electrons. The first-order chi connectivity index (χ1) is 10.2. The lowest BCUT2D eigenvalue weighted by Gasteiger charge is -2.34. The molecule has 122 valence electrons. The van der Waals surface area contributed by atoms with Crippen LogP contribution in [0, 0.1) is 6.92 Å². The van der Waals surface area contributed by atoms with Gasteiger partial charge in [-0.05, 0) is 74.2 Å². The van der Waals surface area contributed by atoms with Crippen LogP contribution >= 0.6 is 15.9 Å². The predicted octanol–water partition coefficient (Wildman–Crippen LogP) is 4.57. The highest BCUT2D eigenvalue weighted by Crippen LogP contribution is 2.26. The van der Waals surface area contributed by atoms with E-state index in [1.54, 1.807) is 4.90 Å². The zero-order valence-electron chi connectivity index (χ0n) is 13.8. The van der Waals surface area contributed by atoms with Gasteiger partial charge in [-0.25, -0.2) is 4.79 Å². The van der Waals surface area contributed by atoms with E-state index in [2.05, 4.69) is 46.4 Å². The summed E-state index contributed by atoms with van der Waals surface area (Å²) in [5.74, 6) is 0. The van der Waals surface area contributed by atoms with E-state index in [0.29, 0.717) is 6.04 Å². The van der Waals surface area contributed by atoms with Crippen LogP contribution in [-0.2, 0) is 4.74 Å². The lowest BCUT2D eigenvalue weighted by atomic mass is 10.0. The second kappa shape index (κ2) is 6.90. The van der Waals surface area contributed by atoms with Gasteiger partial charge in [0.05, 0.1) is 0 Å². The summed E-state index contributed by atoms with van der Waals surface area (Å²) in [6.07, 6.45) is 1.65. The number of benzene rings is 1. The zero-order valence-corrected chi connectivity index (χ0v) is 15.4. The first-order valence-electron chi connectivity index (χ1n) is 7.75. The van der Waals surface area contributed by atoms with Crippen molar-refractivity contribution in [1.82, 2.24) is 4.90 Å². The van der Waals surface area contributed by atoms with Crippen molar-refractivity contribution in [2.24, 2.45) is 0 Å². The normalized spacial score (nSPS) is 16.5. The van der Waals surface area contributed by atoms with Crippen LogP contribution in [0.4, 0.5) is 10.5 Å². The minimum Gasteiger partial charge on any atom is -0.444 e. The fourth-order valence-electron chi connectivity index (χ4n) is 2.49. The van der Waals surface area contributed by atoms with Crippen molar-refractivity contribution in [3.8, 4) is 0 Å². The van der Waals surface area contributed by atoms with E-state index < -0.39 is 5.60 Å². The number of hydrogen-bond acceptors (Lipinski definition) is 3. The molecular formula is C17H25BrN2O2. The van der Waals surface area contributed by atoms with Gasteiger partial charge >= 0.3 is 6.09 Å². The highest BCUT2D eigenvalue weighted by molar-refractivity contribution is 9.10. The molecule has 0 bridgehead atoms. The van der Waals surface area contributed by atoms with E-state index in [-0.39, 0.29) is 6.09 Å². The number of halogens is 1. The number of piperidine rings is 1. The number of nitrogens with zero attached hydrogens (tertiary/aromatic N) is 1. The third kappa shape index (κ3) is 4.90. The van der Waals surface area contributed by atoms with Crippen LogP contribution in [0.25, 0.3) is 0 Å². The topological polar surface area (TPSA) is 41.6 Å². The van der Waals surface area contributed by atoms with Crippen molar-refractivity contribution in [3.63, 3.8) is 0 Å². The maximum Gasteiger partial charge on any atom is 0.410 e. The molecule has 1 aliphatic heterocycles. The van der Waals surface area contributed by atoms with Crippen LogP contribution < -0.4 is 5.32 Å². The smallest absolute Gasteiger partial charge is 0.410 e. The van der Waals surface area contributed by atoms with Crippen molar-refractivity contribution >= 4 is 27.7 Å². The number of likely N-dealkylation sites (tertiary alicyclic amines) is 1. The Morgan fingerprint density at radius 1 is 1.32 bits per heavy atom. The summed E-state index contributed by atoms with van der Waals surface area (Å²) in [5, 5.41) is 3.56. The molecule has 0 aliphatic carbocycles. The van der Waals surface area contributed by atoms with E-state index in [4.69, 9.17) is 4.74 Å². The molecule has 4 nitrogen and oxygen atoms in total. The van der Waals surface area contributed by atoms with Gasteiger partial charge < -0.3 is 15.0 Å². The van der Waals surface area contributed by atoms with Crippen LogP contribution in [0.5, 0.6) is 0 Å². The summed E-state index contributed by atoms with van der Waals surface area (Å²) in [6.45, 7) is 9.23. The minimum atomic E-state index is -0.432. The first kappa shape index (κ1) is 17.1. The fourth-order valence-corrected chi connectivity index (χ4v) is 3.10. The van der Waals surface area contributed by atoms with Crippen LogP contribution in [0.2, 0.25) is 0 Å². The molecule has 0 saturated carbocycles. The minimum absolute atomic E-state index is 0.206. The van der Waals surface area contributed by atoms with Crippen LogP contribution in [-0.4, -0.2) is 35.7 Å². The Morgan fingerprint density at radius 3 is 2.50 bits per heavy atom. The predicted molar refractivity (Wildman–Crippen MR) is 93.3 cm³/mol. The zero-order chi connectivity index (χ0) is 16.3. The van der Waals surface area contributed by atoms with Gasteiger partial charge in [-0.2, -0.15) is 0 Å². The number of nitrogens with one attached hydrogen (secondary N) is 1. The highest BCUT2D eigenvalue weighted by Gasteiger charge is 2.26. The molecule has 5 heteroatoms. The third-order valence-electron chi connectivity index (χ3n) is 3.63. The van der Waals surface area contributed by atoms with Gasteiger partial charge in [0.2, 0.25) is 0 Å². The lowest BCUT2D eigenvalue weighted by molar-refractivity contribution is 0.0210. The maximum absolute atomic E-state index is 12.0. The Balaban J connectivity index is 1.86. The molecule has 1 aliphatic rings. The van der Waals surface area contributed by atoms with Gasteiger partial charge in [-0.3, -0.25) is 0 Å². The second-order valence-corrected chi connectivity index (χ2v) is 7.72. The summed E-state index contributed by atoms with van der Waals surface area (Å²) < 4.78 is 6.51. The van der Waals surface area contributed by atoms with E-state index in [1.807, 2.05) is 20.8 Å². The van der Waals surface area contributed by atoms with Gasteiger partial charge in [-0.1, -0.05) is 6.07 Å². The summed E-state index contributed by atoms with van der Waals surface area (Å²) in [7, 11) is 0. The summed E-state index contributed by atoms with van der Waals surface area (Å²) in [5.41, 5.74) is 1.91. The molecule has 2 rings (SSSR count). The average Bonchev–Trinajstić information content (AvgIpc) is 2.41. The molecule has 0 spiro atoms. The molecule has 0 unspecified atom stereocenters. The molecule has 0 atom stereocenters. The summed E-state index contributed by atoms with van der Waals surface area (Å²) >= 11 is 3.59. The lowest BCUT2D eigenvalue weighted by Crippen LogP contribution is -2.44. The molecule has 0 aromatic heterocycles. The Hall–Kier alpha value is -1.23. The molecule has 1 N–H and O–H groups in total. The van der Waals surface area contributed by atoms with Crippen molar-refractivity contribution in [2.75, 3.05) is 18.4 Å². The molecule has 1 amide bonds. The Labute approximate surface area is 141 Å². The second-order valence-electron chi connectivity index (χ2n) is 6.87. The number of hydrogen-bond donors (Lipinski definition) is 1. The fraction of sp³-hybridized carbons (Fsp3) is 0.588. The maximum atomic E-state index is 12.0. The van der Waals surface area contributed by atoms with Gasteiger partial charge in [0.1, 0.15) is 5.60 Å². The van der Waals surface area contributed by atoms with Gasteiger partial charge in [0.15, 0.2) is 0 Å². The molecule has 22 heavy (non-hydrogen) atoms. The molecule has 1 aromatic rings. The first-order valence-corrected chi connectivity index (χ1v) is 8.54. The van der Waals surface area contributed by atoms with E-state index >= 15 is 0 Å². The number of anilines is 1. The Kier molecular flexibility index (Phi) is 5.37. The monoisotopic (exact) mass is 368 g/mol. The van der Waals surface area contributed by atoms with Crippen molar-refractivity contribution in [2.45, 2.75) is 52.2 Å². The largest absolute Gasteiger partial charge is 0.444 e. The Morgan fingerprint density at radius 2 is 1.95 bits per heavy atom. The van der Waals surface area contributed by atoms with E-state index in [0.717, 1.165) is 36.1 Å². The number of amides is 1. The van der Waals surface area contributed by atoms with Crippen LogP contribution in [0.15, 0.2) is 22.7 Å². The highest BCUT2D eigenvalue weighted by atomic mass is 79.9. The van der Waals surface area contributed by atoms with E-state index in [1.165, 1.54) is 5.56 Å². The molecule has 1 heterocycles. The van der Waals surface area contributed by atoms with Gasteiger partial charge in [0.25, 0.3) is 0 Å². The van der Waals surface area contributed by atoms with Crippen molar-refractivity contribution in [1.29, 1.82) is 0 Å². The molecule has 1 fully saturated rings. The molecular weight excluding hydrogens is 344 g/mol. The molecule has 1 saturated heterocycles. The van der Waals surface area contributed by atoms with Gasteiger partial charge in [-0.15, -0.1) is 0 Å². The van der Waals surface area contributed by atoms with Crippen molar-refractivity contribution in [3.05, 3.63) is 28.2 Å². The molecule has 1 aromatic carbocycles. The number of carbonyl (C=O) groups is 1. The summed E-state index contributed by atoms with van der Waals surface area (Å²) in [6, 6.07) is 6.69. The SMILES string of the molecule is Cc1ccc(NC2CCN(C(=O)OC(C)(C)C)CC2)c(Br)c1. The van der Waals surface area contributed by atoms with Gasteiger partial charge in [0, 0.05) is 29.3 Å². The number of ether oxygens (including phenoxy) is 1. The standard InChI is InChI=1S/C17H25BrN2O2/c1-12-5-6-15(14(18)11-12)19-13-7-9-20(10-8-13)16(21)22-17(2,3)4/h5-6,11,13,19H,7-10H2,1-4H3. The van der Waals surface area contributed by atoms with Crippen LogP contribution in [0.1, 0.15) is 39.2 Å². The average molecular weight is 369 g/mol. The van der Waals surface area contributed by atoms with E-state index in [9.17, 15) is 4.79 Å². The Bertz CT molecular complexity index is 532. The third-order valence-corrected chi connectivity index (χ3v) is 4.29. The van der Waals surface area contributed by atoms with Crippen molar-refractivity contribution < 1.29 is 9.53 Å².